The van der Waals surface area contributed by atoms with Crippen LogP contribution in [0, 0.1) is 0 Å². The predicted octanol–water partition coefficient (Wildman–Crippen LogP) is 4.06. The number of para-hydroxylation sites is 3. The minimum absolute atomic E-state index is 0.270. The normalized spacial score (nSPS) is 13.9. The standard InChI is InChI=1S/C27H29N3O4/c1-33-25-10-6-5-9-24(25)30-17-15-29(16-18-30)19-20-11-13-21(14-12-20)26(31)28-23-8-4-3-7-22(23)27(32)34-2/h3-14H,15-19H2,1-2H3,(H,28,31). The van der Waals surface area contributed by atoms with Gasteiger partial charge in [0.25, 0.3) is 5.91 Å². The molecule has 0 radical (unpaired) electrons. The van der Waals surface area contributed by atoms with Crippen LogP contribution in [-0.4, -0.2) is 57.2 Å². The van der Waals surface area contributed by atoms with Crippen LogP contribution < -0.4 is 15.0 Å². The van der Waals surface area contributed by atoms with Gasteiger partial charge in [-0.2, -0.15) is 0 Å². The van der Waals surface area contributed by atoms with Crippen molar-refractivity contribution in [1.29, 1.82) is 0 Å². The number of anilines is 2. The number of methoxy groups -OCH3 is 2. The molecule has 4 rings (SSSR count). The average Bonchev–Trinajstić information content (AvgIpc) is 2.89. The maximum absolute atomic E-state index is 12.7. The fourth-order valence-corrected chi connectivity index (χ4v) is 4.13. The zero-order chi connectivity index (χ0) is 23.9. The Morgan fingerprint density at radius 1 is 0.853 bits per heavy atom. The Bertz CT molecular complexity index is 1140. The van der Waals surface area contributed by atoms with Crippen LogP contribution in [0.15, 0.2) is 72.8 Å². The maximum atomic E-state index is 12.7. The quantitative estimate of drug-likeness (QED) is 0.538. The van der Waals surface area contributed by atoms with Crippen LogP contribution in [0.5, 0.6) is 5.75 Å². The molecule has 1 N–H and O–H groups in total. The molecule has 0 aromatic heterocycles. The van der Waals surface area contributed by atoms with Crippen LogP contribution in [-0.2, 0) is 11.3 Å². The van der Waals surface area contributed by atoms with E-state index >= 15 is 0 Å². The van der Waals surface area contributed by atoms with Gasteiger partial charge in [0.2, 0.25) is 0 Å². The molecule has 1 heterocycles. The van der Waals surface area contributed by atoms with Crippen LogP contribution in [0.4, 0.5) is 11.4 Å². The van der Waals surface area contributed by atoms with Crippen molar-refractivity contribution in [3.63, 3.8) is 0 Å². The van der Waals surface area contributed by atoms with Crippen LogP contribution in [0.25, 0.3) is 0 Å². The van der Waals surface area contributed by atoms with E-state index in [1.807, 2.05) is 42.5 Å². The van der Waals surface area contributed by atoms with E-state index in [9.17, 15) is 9.59 Å². The smallest absolute Gasteiger partial charge is 0.339 e. The topological polar surface area (TPSA) is 71.1 Å². The molecule has 34 heavy (non-hydrogen) atoms. The first kappa shape index (κ1) is 23.3. The third-order valence-electron chi connectivity index (χ3n) is 6.00. The molecular formula is C27H29N3O4. The number of piperazine rings is 1. The van der Waals surface area contributed by atoms with E-state index in [0.29, 0.717) is 16.8 Å². The second-order valence-electron chi connectivity index (χ2n) is 8.12. The molecule has 1 amide bonds. The number of rotatable bonds is 7. The number of carbonyl (C=O) groups is 2. The van der Waals surface area contributed by atoms with Crippen molar-refractivity contribution in [1.82, 2.24) is 4.90 Å². The van der Waals surface area contributed by atoms with Crippen LogP contribution in [0.1, 0.15) is 26.3 Å². The lowest BCUT2D eigenvalue weighted by Gasteiger charge is -2.36. The summed E-state index contributed by atoms with van der Waals surface area (Å²) in [6, 6.07) is 22.5. The number of nitrogens with zero attached hydrogens (tertiary/aromatic N) is 2. The van der Waals surface area contributed by atoms with E-state index in [1.54, 1.807) is 31.4 Å². The molecular weight excluding hydrogens is 430 g/mol. The minimum Gasteiger partial charge on any atom is -0.495 e. The molecule has 0 aliphatic carbocycles. The second kappa shape index (κ2) is 10.9. The lowest BCUT2D eigenvalue weighted by Crippen LogP contribution is -2.46. The third kappa shape index (κ3) is 5.38. The van der Waals surface area contributed by atoms with Crippen molar-refractivity contribution in [2.75, 3.05) is 50.6 Å². The number of carbonyl (C=O) groups excluding carboxylic acids is 2. The molecule has 3 aromatic rings. The Hall–Kier alpha value is -3.84. The summed E-state index contributed by atoms with van der Waals surface area (Å²) in [5.41, 5.74) is 3.56. The summed E-state index contributed by atoms with van der Waals surface area (Å²) in [6.45, 7) is 4.59. The zero-order valence-corrected chi connectivity index (χ0v) is 19.5. The number of nitrogens with one attached hydrogen (secondary N) is 1. The van der Waals surface area contributed by atoms with E-state index in [-0.39, 0.29) is 5.91 Å². The van der Waals surface area contributed by atoms with Gasteiger partial charge in [-0.25, -0.2) is 4.79 Å². The highest BCUT2D eigenvalue weighted by Crippen LogP contribution is 2.28. The Morgan fingerprint density at radius 2 is 1.53 bits per heavy atom. The monoisotopic (exact) mass is 459 g/mol. The molecule has 1 aliphatic rings. The fraction of sp³-hybridized carbons (Fsp3) is 0.259. The zero-order valence-electron chi connectivity index (χ0n) is 19.5. The van der Waals surface area contributed by atoms with Crippen molar-refractivity contribution in [2.45, 2.75) is 6.54 Å². The summed E-state index contributed by atoms with van der Waals surface area (Å²) >= 11 is 0. The van der Waals surface area contributed by atoms with Gasteiger partial charge in [-0.05, 0) is 42.0 Å². The van der Waals surface area contributed by atoms with Crippen molar-refractivity contribution in [2.24, 2.45) is 0 Å². The van der Waals surface area contributed by atoms with Crippen LogP contribution >= 0.6 is 0 Å². The molecule has 0 spiro atoms. The van der Waals surface area contributed by atoms with E-state index in [1.165, 1.54) is 7.11 Å². The molecule has 3 aromatic carbocycles. The van der Waals surface area contributed by atoms with Gasteiger partial charge in [-0.3, -0.25) is 9.69 Å². The van der Waals surface area contributed by atoms with Gasteiger partial charge in [0.15, 0.2) is 0 Å². The summed E-state index contributed by atoms with van der Waals surface area (Å²) < 4.78 is 10.3. The van der Waals surface area contributed by atoms with Crippen molar-refractivity contribution >= 4 is 23.3 Å². The number of amides is 1. The fourth-order valence-electron chi connectivity index (χ4n) is 4.13. The highest BCUT2D eigenvalue weighted by Gasteiger charge is 2.20. The Labute approximate surface area is 199 Å². The van der Waals surface area contributed by atoms with Gasteiger partial charge in [0.1, 0.15) is 5.75 Å². The second-order valence-corrected chi connectivity index (χ2v) is 8.12. The van der Waals surface area contributed by atoms with E-state index < -0.39 is 5.97 Å². The van der Waals surface area contributed by atoms with Crippen molar-refractivity contribution < 1.29 is 19.1 Å². The molecule has 0 atom stereocenters. The highest BCUT2D eigenvalue weighted by molar-refractivity contribution is 6.08. The first-order valence-electron chi connectivity index (χ1n) is 11.3. The molecule has 0 bridgehead atoms. The largest absolute Gasteiger partial charge is 0.495 e. The lowest BCUT2D eigenvalue weighted by molar-refractivity contribution is 0.0602. The van der Waals surface area contributed by atoms with Gasteiger partial charge >= 0.3 is 5.97 Å². The molecule has 7 nitrogen and oxygen atoms in total. The molecule has 176 valence electrons. The number of hydrogen-bond acceptors (Lipinski definition) is 6. The number of esters is 1. The van der Waals surface area contributed by atoms with Gasteiger partial charge in [-0.15, -0.1) is 0 Å². The first-order valence-corrected chi connectivity index (χ1v) is 11.3. The highest BCUT2D eigenvalue weighted by atomic mass is 16.5. The Balaban J connectivity index is 1.33. The lowest BCUT2D eigenvalue weighted by atomic mass is 10.1. The van der Waals surface area contributed by atoms with E-state index in [4.69, 9.17) is 9.47 Å². The summed E-state index contributed by atoms with van der Waals surface area (Å²) in [5.74, 6) is 0.143. The molecule has 1 saturated heterocycles. The van der Waals surface area contributed by atoms with Crippen LogP contribution in [0.3, 0.4) is 0 Å². The van der Waals surface area contributed by atoms with Crippen molar-refractivity contribution in [3.8, 4) is 5.75 Å². The van der Waals surface area contributed by atoms with Gasteiger partial charge in [-0.1, -0.05) is 36.4 Å². The molecule has 0 saturated carbocycles. The number of hydrogen-bond donors (Lipinski definition) is 1. The molecule has 0 unspecified atom stereocenters. The summed E-state index contributed by atoms with van der Waals surface area (Å²) in [5, 5.41) is 2.81. The minimum atomic E-state index is -0.489. The van der Waals surface area contributed by atoms with Gasteiger partial charge < -0.3 is 19.7 Å². The summed E-state index contributed by atoms with van der Waals surface area (Å²) in [6.07, 6.45) is 0. The molecule has 1 aliphatic heterocycles. The van der Waals surface area contributed by atoms with Gasteiger partial charge in [0, 0.05) is 38.3 Å². The van der Waals surface area contributed by atoms with E-state index in [0.717, 1.165) is 49.7 Å². The van der Waals surface area contributed by atoms with Crippen LogP contribution in [0.2, 0.25) is 0 Å². The Kier molecular flexibility index (Phi) is 7.44. The van der Waals surface area contributed by atoms with Gasteiger partial charge in [0.05, 0.1) is 31.2 Å². The predicted molar refractivity (Wildman–Crippen MR) is 133 cm³/mol. The molecule has 1 fully saturated rings. The van der Waals surface area contributed by atoms with E-state index in [2.05, 4.69) is 21.2 Å². The van der Waals surface area contributed by atoms with Crippen molar-refractivity contribution in [3.05, 3.63) is 89.5 Å². The summed E-state index contributed by atoms with van der Waals surface area (Å²) in [7, 11) is 3.02. The summed E-state index contributed by atoms with van der Waals surface area (Å²) in [4.78, 5) is 29.4. The first-order chi connectivity index (χ1) is 16.6. The third-order valence-corrected chi connectivity index (χ3v) is 6.00. The SMILES string of the molecule is COC(=O)c1ccccc1NC(=O)c1ccc(CN2CCN(c3ccccc3OC)CC2)cc1. The number of benzene rings is 3. The Morgan fingerprint density at radius 3 is 2.24 bits per heavy atom. The maximum Gasteiger partial charge on any atom is 0.339 e. The number of ether oxygens (including phenoxy) is 2. The average molecular weight is 460 g/mol. The molecule has 7 heteroatoms.